The predicted molar refractivity (Wildman–Crippen MR) is 111 cm³/mol. The molecular formula is C21H28N4OS. The topological polar surface area (TPSA) is 42.6 Å². The Morgan fingerprint density at radius 2 is 2.04 bits per heavy atom. The van der Waals surface area contributed by atoms with Crippen molar-refractivity contribution in [2.75, 3.05) is 20.3 Å². The number of pyridine rings is 1. The van der Waals surface area contributed by atoms with Gasteiger partial charge < -0.3 is 14.2 Å². The number of aliphatic imine (C=N–C) groups is 1. The summed E-state index contributed by atoms with van der Waals surface area (Å²) in [5, 5.41) is 1.75. The predicted octanol–water partition coefficient (Wildman–Crippen LogP) is 4.04. The lowest BCUT2D eigenvalue weighted by Gasteiger charge is -2.28. The zero-order valence-corrected chi connectivity index (χ0v) is 17.6. The molecule has 4 rings (SSSR count). The van der Waals surface area contributed by atoms with Gasteiger partial charge in [-0.2, -0.15) is 0 Å². The van der Waals surface area contributed by atoms with Crippen molar-refractivity contribution in [2.24, 2.45) is 4.99 Å². The molecule has 0 saturated carbocycles. The number of nitrogens with zero attached hydrogens (tertiary/aromatic N) is 4. The highest BCUT2D eigenvalue weighted by Crippen LogP contribution is 2.49. The molecule has 27 heavy (non-hydrogen) atoms. The van der Waals surface area contributed by atoms with E-state index >= 15 is 0 Å². The summed E-state index contributed by atoms with van der Waals surface area (Å²) >= 11 is 1.89. The van der Waals surface area contributed by atoms with E-state index in [-0.39, 0.29) is 12.1 Å². The van der Waals surface area contributed by atoms with Crippen molar-refractivity contribution in [3.05, 3.63) is 52.6 Å². The number of ether oxygens (including phenoxy) is 1. The highest BCUT2D eigenvalue weighted by Gasteiger charge is 2.45. The van der Waals surface area contributed by atoms with E-state index in [0.29, 0.717) is 5.25 Å². The Bertz CT molecular complexity index is 861. The molecule has 144 valence electrons. The van der Waals surface area contributed by atoms with Crippen LogP contribution in [0.3, 0.4) is 0 Å². The van der Waals surface area contributed by atoms with E-state index in [1.807, 2.05) is 24.0 Å². The first-order chi connectivity index (χ1) is 13.0. The summed E-state index contributed by atoms with van der Waals surface area (Å²) in [6.07, 6.45) is 1.88. The van der Waals surface area contributed by atoms with Crippen molar-refractivity contribution < 1.29 is 4.74 Å². The van der Waals surface area contributed by atoms with Crippen LogP contribution in [0.2, 0.25) is 0 Å². The number of aromatic nitrogens is 2. The van der Waals surface area contributed by atoms with Crippen LogP contribution in [0.15, 0.2) is 29.4 Å². The lowest BCUT2D eigenvalue weighted by atomic mass is 9.93. The maximum absolute atomic E-state index is 5.34. The number of thioether (sulfide) groups is 1. The molecule has 1 fully saturated rings. The monoisotopic (exact) mass is 384 g/mol. The van der Waals surface area contributed by atoms with Crippen LogP contribution in [0.25, 0.3) is 0 Å². The smallest absolute Gasteiger partial charge is 0.160 e. The van der Waals surface area contributed by atoms with E-state index in [2.05, 4.69) is 54.3 Å². The third kappa shape index (κ3) is 3.09. The van der Waals surface area contributed by atoms with E-state index in [1.54, 1.807) is 7.11 Å². The molecule has 1 saturated heterocycles. The second kappa shape index (κ2) is 7.32. The van der Waals surface area contributed by atoms with Crippen molar-refractivity contribution in [1.29, 1.82) is 0 Å². The van der Waals surface area contributed by atoms with Gasteiger partial charge in [-0.1, -0.05) is 24.8 Å². The molecule has 2 aromatic rings. The Labute approximate surface area is 165 Å². The van der Waals surface area contributed by atoms with Crippen LogP contribution in [-0.2, 0) is 11.3 Å². The number of amidine groups is 1. The zero-order chi connectivity index (χ0) is 19.1. The van der Waals surface area contributed by atoms with E-state index in [9.17, 15) is 0 Å². The van der Waals surface area contributed by atoms with Crippen LogP contribution in [0.5, 0.6) is 0 Å². The van der Waals surface area contributed by atoms with Gasteiger partial charge in [0.25, 0.3) is 0 Å². The van der Waals surface area contributed by atoms with Gasteiger partial charge in [-0.3, -0.25) is 9.98 Å². The van der Waals surface area contributed by atoms with Crippen LogP contribution in [0, 0.1) is 20.8 Å². The number of hydrogen-bond acceptors (Lipinski definition) is 5. The SMILES string of the molecule is COCCn1c(C)c(C)c([C@@H]2[C@H](c3ccccn3)N=C3S[C@@H](C)CN32)c1C. The molecule has 0 unspecified atom stereocenters. The number of methoxy groups -OCH3 is 1. The summed E-state index contributed by atoms with van der Waals surface area (Å²) < 4.78 is 7.73. The molecule has 2 aliphatic rings. The highest BCUT2D eigenvalue weighted by molar-refractivity contribution is 8.14. The standard InChI is InChI=1S/C21H28N4OS/c1-13-12-25-20(18-14(2)15(3)24(16(18)4)10-11-26-5)19(23-21(25)27-13)17-8-6-7-9-22-17/h6-9,13,19-20H,10-12H2,1-5H3/t13-,19-,20+/m0/s1. The van der Waals surface area contributed by atoms with Crippen LogP contribution < -0.4 is 0 Å². The minimum Gasteiger partial charge on any atom is -0.383 e. The molecular weight excluding hydrogens is 356 g/mol. The normalized spacial score (nSPS) is 24.4. The van der Waals surface area contributed by atoms with Crippen molar-refractivity contribution in [1.82, 2.24) is 14.5 Å². The Morgan fingerprint density at radius 1 is 1.22 bits per heavy atom. The fourth-order valence-electron chi connectivity index (χ4n) is 4.45. The second-order valence-electron chi connectivity index (χ2n) is 7.49. The molecule has 0 aromatic carbocycles. The van der Waals surface area contributed by atoms with Gasteiger partial charge >= 0.3 is 0 Å². The van der Waals surface area contributed by atoms with Gasteiger partial charge in [0.05, 0.1) is 18.3 Å². The molecule has 6 heteroatoms. The summed E-state index contributed by atoms with van der Waals surface area (Å²) in [5.74, 6) is 0. The molecule has 0 bridgehead atoms. The van der Waals surface area contributed by atoms with Gasteiger partial charge in [-0.25, -0.2) is 0 Å². The lowest BCUT2D eigenvalue weighted by molar-refractivity contribution is 0.186. The minimum absolute atomic E-state index is 0.0521. The third-order valence-corrected chi connectivity index (χ3v) is 6.94. The number of rotatable bonds is 5. The molecule has 4 heterocycles. The van der Waals surface area contributed by atoms with Crippen molar-refractivity contribution >= 4 is 16.9 Å². The molecule has 5 nitrogen and oxygen atoms in total. The van der Waals surface area contributed by atoms with Crippen LogP contribution in [0.4, 0.5) is 0 Å². The molecule has 0 amide bonds. The fourth-order valence-corrected chi connectivity index (χ4v) is 5.54. The first-order valence-electron chi connectivity index (χ1n) is 9.60. The van der Waals surface area contributed by atoms with Crippen LogP contribution in [-0.4, -0.2) is 45.1 Å². The maximum Gasteiger partial charge on any atom is 0.160 e. The van der Waals surface area contributed by atoms with E-state index in [1.165, 1.54) is 27.7 Å². The summed E-state index contributed by atoms with van der Waals surface area (Å²) in [6, 6.07) is 6.41. The molecule has 3 atom stereocenters. The number of hydrogen-bond donors (Lipinski definition) is 0. The molecule has 0 aliphatic carbocycles. The van der Waals surface area contributed by atoms with E-state index in [4.69, 9.17) is 9.73 Å². The summed E-state index contributed by atoms with van der Waals surface area (Å²) in [6.45, 7) is 11.6. The fraction of sp³-hybridized carbons (Fsp3) is 0.524. The second-order valence-corrected chi connectivity index (χ2v) is 8.90. The van der Waals surface area contributed by atoms with Gasteiger partial charge in [0.15, 0.2) is 5.17 Å². The van der Waals surface area contributed by atoms with Gasteiger partial charge in [0, 0.05) is 48.6 Å². The van der Waals surface area contributed by atoms with Crippen molar-refractivity contribution in [3.63, 3.8) is 0 Å². The van der Waals surface area contributed by atoms with Gasteiger partial charge in [0.2, 0.25) is 0 Å². The largest absolute Gasteiger partial charge is 0.383 e. The minimum atomic E-state index is 0.0521. The first kappa shape index (κ1) is 18.6. The molecule has 0 spiro atoms. The Balaban J connectivity index is 1.81. The Kier molecular flexibility index (Phi) is 5.03. The lowest BCUT2D eigenvalue weighted by Crippen LogP contribution is -2.29. The highest BCUT2D eigenvalue weighted by atomic mass is 32.2. The quantitative estimate of drug-likeness (QED) is 0.780. The van der Waals surface area contributed by atoms with Crippen molar-refractivity contribution in [3.8, 4) is 0 Å². The zero-order valence-electron chi connectivity index (χ0n) is 16.8. The summed E-state index contributed by atoms with van der Waals surface area (Å²) in [4.78, 5) is 12.3. The van der Waals surface area contributed by atoms with Gasteiger partial charge in [-0.05, 0) is 38.5 Å². The van der Waals surface area contributed by atoms with Crippen molar-refractivity contribution in [2.45, 2.75) is 51.6 Å². The maximum atomic E-state index is 5.34. The third-order valence-electron chi connectivity index (χ3n) is 5.84. The van der Waals surface area contributed by atoms with Crippen LogP contribution in [0.1, 0.15) is 47.2 Å². The van der Waals surface area contributed by atoms with Gasteiger partial charge in [-0.15, -0.1) is 0 Å². The summed E-state index contributed by atoms with van der Waals surface area (Å²) in [7, 11) is 1.76. The molecule has 0 N–H and O–H groups in total. The Morgan fingerprint density at radius 3 is 2.74 bits per heavy atom. The molecule has 2 aliphatic heterocycles. The average molecular weight is 385 g/mol. The first-order valence-corrected chi connectivity index (χ1v) is 10.5. The summed E-state index contributed by atoms with van der Waals surface area (Å²) in [5.41, 5.74) is 6.49. The number of fused-ring (bicyclic) bond motifs is 1. The van der Waals surface area contributed by atoms with E-state index in [0.717, 1.165) is 25.4 Å². The van der Waals surface area contributed by atoms with E-state index < -0.39 is 0 Å². The van der Waals surface area contributed by atoms with Crippen LogP contribution >= 0.6 is 11.8 Å². The average Bonchev–Trinajstić information content (AvgIpc) is 3.25. The van der Waals surface area contributed by atoms with Gasteiger partial charge in [0.1, 0.15) is 6.04 Å². The molecule has 2 aromatic heterocycles. The Hall–Kier alpha value is -1.79. The molecule has 0 radical (unpaired) electrons.